The number of carboxylic acids is 1. The third-order valence-electron chi connectivity index (χ3n) is 4.38. The minimum Gasteiger partial charge on any atom is -0.481 e. The van der Waals surface area contributed by atoms with E-state index in [0.29, 0.717) is 11.1 Å². The normalized spacial score (nSPS) is 21.9. The molecule has 0 bridgehead atoms. The number of hydrogen-bond donors (Lipinski definition) is 2. The van der Waals surface area contributed by atoms with E-state index in [4.69, 9.17) is 5.11 Å². The van der Waals surface area contributed by atoms with Gasteiger partial charge in [-0.15, -0.1) is 0 Å². The summed E-state index contributed by atoms with van der Waals surface area (Å²) in [6, 6.07) is 2.92. The molecule has 0 spiro atoms. The van der Waals surface area contributed by atoms with Crippen LogP contribution in [0, 0.1) is 24.6 Å². The molecule has 1 heterocycles. The molecule has 1 aromatic rings. The lowest BCUT2D eigenvalue weighted by molar-refractivity contribution is -0.187. The Balaban J connectivity index is 2.07. The lowest BCUT2D eigenvalue weighted by atomic mass is 9.96. The predicted octanol–water partition coefficient (Wildman–Crippen LogP) is 3.10. The number of nitrogens with zero attached hydrogens (tertiary/aromatic N) is 1. The van der Waals surface area contributed by atoms with Crippen LogP contribution in [0.1, 0.15) is 24.1 Å². The predicted molar refractivity (Wildman–Crippen MR) is 80.3 cm³/mol. The summed E-state index contributed by atoms with van der Waals surface area (Å²) in [5, 5.41) is 11.4. The van der Waals surface area contributed by atoms with E-state index in [1.165, 1.54) is 12.1 Å². The number of urea groups is 1. The third-order valence-corrected chi connectivity index (χ3v) is 4.38. The second kappa shape index (κ2) is 6.89. The van der Waals surface area contributed by atoms with Gasteiger partial charge in [-0.1, -0.05) is 12.1 Å². The first kappa shape index (κ1) is 19.0. The summed E-state index contributed by atoms with van der Waals surface area (Å²) >= 11 is 0. The molecule has 0 radical (unpaired) electrons. The number of carboxylic acid groups (broad SMARTS) is 1. The van der Waals surface area contributed by atoms with Gasteiger partial charge in [-0.2, -0.15) is 13.2 Å². The standard InChI is InChI=1S/C16H18F4N2O3/c1-8-3-4-10(5-13(8)17)9(2)21-15(25)22-6-11(14(23)24)12(7-22)16(18,19)20/h3-5,9,11-12H,6-7H2,1-2H3,(H,21,25)(H,23,24)/t9-,11-,12-/m1/s1. The van der Waals surface area contributed by atoms with Crippen LogP contribution < -0.4 is 5.32 Å². The summed E-state index contributed by atoms with van der Waals surface area (Å²) in [6.45, 7) is 1.89. The molecule has 1 aliphatic heterocycles. The number of halogens is 4. The van der Waals surface area contributed by atoms with Crippen LogP contribution >= 0.6 is 0 Å². The summed E-state index contributed by atoms with van der Waals surface area (Å²) in [6.07, 6.45) is -4.70. The third kappa shape index (κ3) is 4.21. The molecule has 1 aliphatic rings. The van der Waals surface area contributed by atoms with Gasteiger partial charge in [0.1, 0.15) is 5.82 Å². The van der Waals surface area contributed by atoms with Gasteiger partial charge in [-0.25, -0.2) is 9.18 Å². The van der Waals surface area contributed by atoms with Crippen LogP contribution in [0.25, 0.3) is 0 Å². The molecule has 25 heavy (non-hydrogen) atoms. The first-order valence-electron chi connectivity index (χ1n) is 7.61. The average molecular weight is 362 g/mol. The number of carbonyl (C=O) groups excluding carboxylic acids is 1. The molecule has 2 N–H and O–H groups in total. The van der Waals surface area contributed by atoms with Crippen LogP contribution in [0.15, 0.2) is 18.2 Å². The van der Waals surface area contributed by atoms with Gasteiger partial charge in [0.25, 0.3) is 0 Å². The zero-order valence-corrected chi connectivity index (χ0v) is 13.6. The number of rotatable bonds is 3. The van der Waals surface area contributed by atoms with Gasteiger partial charge in [0.15, 0.2) is 0 Å². The molecule has 138 valence electrons. The maximum Gasteiger partial charge on any atom is 0.394 e. The van der Waals surface area contributed by atoms with Gasteiger partial charge in [0.05, 0.1) is 17.9 Å². The molecule has 0 aromatic heterocycles. The maximum atomic E-state index is 13.6. The minimum absolute atomic E-state index is 0.430. The summed E-state index contributed by atoms with van der Waals surface area (Å²) in [5.41, 5.74) is 0.886. The van der Waals surface area contributed by atoms with Gasteiger partial charge < -0.3 is 15.3 Å². The molecule has 0 unspecified atom stereocenters. The number of amides is 2. The highest BCUT2D eigenvalue weighted by Gasteiger charge is 2.53. The largest absolute Gasteiger partial charge is 0.481 e. The number of likely N-dealkylation sites (tertiary alicyclic amines) is 1. The molecular weight excluding hydrogens is 344 g/mol. The van der Waals surface area contributed by atoms with Crippen LogP contribution in [0.4, 0.5) is 22.4 Å². The second-order valence-electron chi connectivity index (χ2n) is 6.18. The van der Waals surface area contributed by atoms with E-state index in [9.17, 15) is 27.2 Å². The Kier molecular flexibility index (Phi) is 5.24. The zero-order chi connectivity index (χ0) is 18.9. The number of aliphatic carboxylic acids is 1. The lowest BCUT2D eigenvalue weighted by Gasteiger charge is -2.22. The molecule has 3 atom stereocenters. The van der Waals surface area contributed by atoms with E-state index in [2.05, 4.69) is 5.32 Å². The van der Waals surface area contributed by atoms with E-state index in [-0.39, 0.29) is 0 Å². The van der Waals surface area contributed by atoms with Crippen molar-refractivity contribution >= 4 is 12.0 Å². The van der Waals surface area contributed by atoms with Crippen molar-refractivity contribution in [3.05, 3.63) is 35.1 Å². The van der Waals surface area contributed by atoms with Crippen molar-refractivity contribution in [3.63, 3.8) is 0 Å². The Morgan fingerprint density at radius 1 is 1.32 bits per heavy atom. The molecule has 1 saturated heterocycles. The SMILES string of the molecule is Cc1ccc([C@@H](C)NC(=O)N2C[C@@H](C(F)(F)F)[C@H](C(=O)O)C2)cc1F. The maximum absolute atomic E-state index is 13.6. The Morgan fingerprint density at radius 3 is 2.44 bits per heavy atom. The van der Waals surface area contributed by atoms with Crippen molar-refractivity contribution in [1.29, 1.82) is 0 Å². The monoisotopic (exact) mass is 362 g/mol. The van der Waals surface area contributed by atoms with Crippen molar-refractivity contribution < 1.29 is 32.3 Å². The summed E-state index contributed by atoms with van der Waals surface area (Å²) in [7, 11) is 0. The summed E-state index contributed by atoms with van der Waals surface area (Å²) < 4.78 is 52.4. The van der Waals surface area contributed by atoms with Crippen LogP contribution in [-0.4, -0.2) is 41.3 Å². The van der Waals surface area contributed by atoms with Crippen LogP contribution in [0.5, 0.6) is 0 Å². The second-order valence-corrected chi connectivity index (χ2v) is 6.18. The number of benzene rings is 1. The zero-order valence-electron chi connectivity index (χ0n) is 13.6. The molecule has 1 fully saturated rings. The Hall–Kier alpha value is -2.32. The van der Waals surface area contributed by atoms with Crippen molar-refractivity contribution in [2.45, 2.75) is 26.1 Å². The van der Waals surface area contributed by atoms with Crippen molar-refractivity contribution in [2.75, 3.05) is 13.1 Å². The van der Waals surface area contributed by atoms with Gasteiger partial charge >= 0.3 is 18.2 Å². The summed E-state index contributed by atoms with van der Waals surface area (Å²) in [5.74, 6) is -5.85. The van der Waals surface area contributed by atoms with Gasteiger partial charge in [0, 0.05) is 13.1 Å². The van der Waals surface area contributed by atoms with Gasteiger partial charge in [-0.3, -0.25) is 4.79 Å². The molecule has 0 aliphatic carbocycles. The lowest BCUT2D eigenvalue weighted by Crippen LogP contribution is -2.40. The molecule has 0 saturated carbocycles. The fourth-order valence-electron chi connectivity index (χ4n) is 2.79. The Bertz CT molecular complexity index is 678. The van der Waals surface area contributed by atoms with Crippen molar-refractivity contribution in [3.8, 4) is 0 Å². The molecule has 2 rings (SSSR count). The first-order valence-corrected chi connectivity index (χ1v) is 7.61. The first-order chi connectivity index (χ1) is 11.5. The number of aryl methyl sites for hydroxylation is 1. The molecule has 1 aromatic carbocycles. The number of carbonyl (C=O) groups is 2. The van der Waals surface area contributed by atoms with E-state index in [0.717, 1.165) is 4.90 Å². The Morgan fingerprint density at radius 2 is 1.96 bits per heavy atom. The number of hydrogen-bond acceptors (Lipinski definition) is 2. The van der Waals surface area contributed by atoms with Crippen LogP contribution in [0.2, 0.25) is 0 Å². The highest BCUT2D eigenvalue weighted by Crippen LogP contribution is 2.37. The quantitative estimate of drug-likeness (QED) is 0.812. The van der Waals surface area contributed by atoms with E-state index in [1.807, 2.05) is 0 Å². The van der Waals surface area contributed by atoms with Gasteiger partial charge in [0.2, 0.25) is 0 Å². The smallest absolute Gasteiger partial charge is 0.394 e. The van der Waals surface area contributed by atoms with Crippen LogP contribution in [-0.2, 0) is 4.79 Å². The summed E-state index contributed by atoms with van der Waals surface area (Å²) in [4.78, 5) is 24.1. The van der Waals surface area contributed by atoms with E-state index in [1.54, 1.807) is 19.9 Å². The molecular formula is C16H18F4N2O3. The minimum atomic E-state index is -4.70. The topological polar surface area (TPSA) is 69.6 Å². The molecule has 2 amide bonds. The Labute approximate surface area is 141 Å². The average Bonchev–Trinajstić information content (AvgIpc) is 2.95. The van der Waals surface area contributed by atoms with Crippen LogP contribution in [0.3, 0.4) is 0 Å². The fraction of sp³-hybridized carbons (Fsp3) is 0.500. The molecule has 9 heteroatoms. The van der Waals surface area contributed by atoms with Gasteiger partial charge in [-0.05, 0) is 31.0 Å². The highest BCUT2D eigenvalue weighted by molar-refractivity contribution is 5.78. The number of alkyl halides is 3. The molecule has 5 nitrogen and oxygen atoms in total. The van der Waals surface area contributed by atoms with E-state index >= 15 is 0 Å². The number of nitrogens with one attached hydrogen (secondary N) is 1. The highest BCUT2D eigenvalue weighted by atomic mass is 19.4. The van der Waals surface area contributed by atoms with Crippen molar-refractivity contribution in [1.82, 2.24) is 10.2 Å². The van der Waals surface area contributed by atoms with E-state index < -0.39 is 55.0 Å². The van der Waals surface area contributed by atoms with Crippen molar-refractivity contribution in [2.24, 2.45) is 11.8 Å². The fourth-order valence-corrected chi connectivity index (χ4v) is 2.79.